The molecule has 0 N–H and O–H groups in total. The molecular formula is C24H20F3N3NiO4S. The Morgan fingerprint density at radius 2 is 2.08 bits per heavy atom. The summed E-state index contributed by atoms with van der Waals surface area (Å²) in [4.78, 5) is 22.5. The number of aromatic nitrogens is 3. The molecule has 3 heterocycles. The van der Waals surface area contributed by atoms with Crippen LogP contribution in [0.25, 0.3) is 11.1 Å². The molecule has 0 spiro atoms. The first kappa shape index (κ1) is 29.2. The molecule has 2 aromatic heterocycles. The molecule has 1 aliphatic rings. The third kappa shape index (κ3) is 7.75. The number of halogens is 3. The van der Waals surface area contributed by atoms with E-state index in [1.807, 2.05) is 0 Å². The SMILES string of the molecule is C(#CC1CCCOC1)c1nn[c-]s1.COc1ccc(C(F)(F)F)cc1-c1cn(C)c(=O)cc1[C-]=O.[Ni+2]. The van der Waals surface area contributed by atoms with E-state index in [9.17, 15) is 22.8 Å². The largest absolute Gasteiger partial charge is 2.00 e. The molecule has 0 amide bonds. The summed E-state index contributed by atoms with van der Waals surface area (Å²) in [6, 6.07) is 3.94. The quantitative estimate of drug-likeness (QED) is 0.276. The van der Waals surface area contributed by atoms with Gasteiger partial charge in [0.1, 0.15) is 5.75 Å². The van der Waals surface area contributed by atoms with Crippen LogP contribution < -0.4 is 10.3 Å². The first-order valence-corrected chi connectivity index (χ1v) is 11.2. The Balaban J connectivity index is 0.000000278. The number of carbonyl (C=O) groups excluding carboxylic acids is 1. The zero-order chi connectivity index (χ0) is 25.4. The number of ether oxygens (including phenoxy) is 2. The zero-order valence-electron chi connectivity index (χ0n) is 19.1. The van der Waals surface area contributed by atoms with Crippen molar-refractivity contribution in [3.63, 3.8) is 0 Å². The molecule has 1 atom stereocenters. The van der Waals surface area contributed by atoms with Crippen LogP contribution >= 0.6 is 11.3 Å². The van der Waals surface area contributed by atoms with Crippen LogP contribution in [0.3, 0.4) is 0 Å². The average molecular weight is 562 g/mol. The Morgan fingerprint density at radius 3 is 2.67 bits per heavy atom. The van der Waals surface area contributed by atoms with E-state index in [0.717, 1.165) is 59.9 Å². The number of hydrogen-bond acceptors (Lipinski definition) is 7. The third-order valence-corrected chi connectivity index (χ3v) is 5.57. The van der Waals surface area contributed by atoms with E-state index < -0.39 is 17.3 Å². The van der Waals surface area contributed by atoms with Crippen LogP contribution in [-0.4, -0.2) is 41.4 Å². The predicted octanol–water partition coefficient (Wildman–Crippen LogP) is 3.65. The standard InChI is InChI=1S/C15H11F3NO3.C9H9N2OS.Ni/c1-19-7-12(9(8-20)5-14(19)21)11-6-10(15(16,17)18)3-4-13(11)22-2;1-2-8(6-12-5-1)3-4-9-11-10-7-13-9;/h3-7H,1-2H3;8H,1-2,5-6H2;/q2*-1;+2. The fourth-order valence-electron chi connectivity index (χ4n) is 3.24. The molecule has 7 nitrogen and oxygen atoms in total. The summed E-state index contributed by atoms with van der Waals surface area (Å²) in [5, 5.41) is 8.14. The Labute approximate surface area is 219 Å². The molecule has 1 saturated heterocycles. The number of alkyl halides is 3. The smallest absolute Gasteiger partial charge is 0.497 e. The van der Waals surface area contributed by atoms with Crippen molar-refractivity contribution in [2.45, 2.75) is 19.0 Å². The van der Waals surface area contributed by atoms with Crippen molar-refractivity contribution in [1.29, 1.82) is 0 Å². The number of benzene rings is 1. The molecular weight excluding hydrogens is 542 g/mol. The van der Waals surface area contributed by atoms with Crippen LogP contribution in [-0.2, 0) is 39.2 Å². The molecule has 1 unspecified atom stereocenters. The predicted molar refractivity (Wildman–Crippen MR) is 123 cm³/mol. The number of hydrogen-bond donors (Lipinski definition) is 0. The van der Waals surface area contributed by atoms with Crippen molar-refractivity contribution >= 4 is 17.6 Å². The molecule has 192 valence electrons. The fourth-order valence-corrected chi connectivity index (χ4v) is 3.60. The van der Waals surface area contributed by atoms with Crippen LogP contribution in [0, 0.1) is 23.3 Å². The van der Waals surface area contributed by atoms with E-state index in [-0.39, 0.29) is 38.9 Å². The van der Waals surface area contributed by atoms with Crippen LogP contribution in [0.2, 0.25) is 0 Å². The molecule has 4 rings (SSSR count). The topological polar surface area (TPSA) is 83.3 Å². The summed E-state index contributed by atoms with van der Waals surface area (Å²) >= 11 is 1.35. The van der Waals surface area contributed by atoms with E-state index in [1.165, 1.54) is 31.7 Å². The Kier molecular flexibility index (Phi) is 10.8. The normalized spacial score (nSPS) is 14.9. The van der Waals surface area contributed by atoms with Gasteiger partial charge in [0, 0.05) is 24.6 Å². The molecule has 0 bridgehead atoms. The van der Waals surface area contributed by atoms with E-state index >= 15 is 0 Å². The van der Waals surface area contributed by atoms with E-state index in [2.05, 4.69) is 27.5 Å². The van der Waals surface area contributed by atoms with Crippen LogP contribution in [0.1, 0.15) is 29.0 Å². The molecule has 12 heteroatoms. The Morgan fingerprint density at radius 1 is 1.31 bits per heavy atom. The number of pyridine rings is 1. The summed E-state index contributed by atoms with van der Waals surface area (Å²) in [6.07, 6.45) is 0.562. The van der Waals surface area contributed by atoms with E-state index in [4.69, 9.17) is 9.47 Å². The van der Waals surface area contributed by atoms with Gasteiger partial charge in [-0.1, -0.05) is 23.2 Å². The maximum absolute atomic E-state index is 12.9. The van der Waals surface area contributed by atoms with Gasteiger partial charge >= 0.3 is 22.7 Å². The van der Waals surface area contributed by atoms with Crippen molar-refractivity contribution in [3.8, 4) is 28.7 Å². The second-order valence-corrected chi connectivity index (χ2v) is 8.22. The Bertz CT molecular complexity index is 1280. The van der Waals surface area contributed by atoms with Gasteiger partial charge in [0.2, 0.25) is 0 Å². The maximum Gasteiger partial charge on any atom is 2.00 e. The minimum absolute atomic E-state index is 0. The molecule has 1 fully saturated rings. The summed E-state index contributed by atoms with van der Waals surface area (Å²) < 4.78 is 50.1. The second kappa shape index (κ2) is 13.3. The van der Waals surface area contributed by atoms with E-state index in [1.54, 1.807) is 6.29 Å². The molecule has 1 aromatic carbocycles. The average Bonchev–Trinajstić information content (AvgIpc) is 3.38. The van der Waals surface area contributed by atoms with Crippen molar-refractivity contribution in [3.05, 3.63) is 62.5 Å². The number of methoxy groups -OCH3 is 1. The number of rotatable bonds is 3. The summed E-state index contributed by atoms with van der Waals surface area (Å²) in [7, 11) is 2.73. The van der Waals surface area contributed by atoms with Gasteiger partial charge < -0.3 is 30.2 Å². The van der Waals surface area contributed by atoms with Crippen molar-refractivity contribution in [2.75, 3.05) is 20.3 Å². The monoisotopic (exact) mass is 561 g/mol. The molecule has 0 aliphatic carbocycles. The third-order valence-electron chi connectivity index (χ3n) is 5.02. The molecule has 1 aliphatic heterocycles. The van der Waals surface area contributed by atoms with Gasteiger partial charge in [0.05, 0.1) is 25.6 Å². The van der Waals surface area contributed by atoms with Gasteiger partial charge in [-0.25, -0.2) is 5.10 Å². The molecule has 36 heavy (non-hydrogen) atoms. The van der Waals surface area contributed by atoms with Gasteiger partial charge in [0.25, 0.3) is 0 Å². The molecule has 0 radical (unpaired) electrons. The van der Waals surface area contributed by atoms with Gasteiger partial charge in [-0.05, 0) is 36.7 Å². The summed E-state index contributed by atoms with van der Waals surface area (Å²) in [5.41, 5.74) is 1.39. The molecule has 0 saturated carbocycles. The van der Waals surface area contributed by atoms with Crippen LogP contribution in [0.4, 0.5) is 13.2 Å². The first-order chi connectivity index (χ1) is 16.7. The van der Waals surface area contributed by atoms with Gasteiger partial charge in [-0.2, -0.15) is 13.2 Å². The first-order valence-electron chi connectivity index (χ1n) is 10.4. The summed E-state index contributed by atoms with van der Waals surface area (Å²) in [5.74, 6) is 6.64. The Hall–Kier alpha value is -3.00. The maximum atomic E-state index is 12.9. The van der Waals surface area contributed by atoms with Crippen LogP contribution in [0.5, 0.6) is 5.75 Å². The number of aryl methyl sites for hydroxylation is 1. The van der Waals surface area contributed by atoms with Crippen molar-refractivity contribution in [1.82, 2.24) is 14.8 Å². The fraction of sp³-hybridized carbons (Fsp3) is 0.333. The number of nitrogens with zero attached hydrogens (tertiary/aromatic N) is 3. The molecule has 3 aromatic rings. The minimum atomic E-state index is -4.53. The van der Waals surface area contributed by atoms with Crippen LogP contribution in [0.15, 0.2) is 35.3 Å². The second-order valence-electron chi connectivity index (χ2n) is 7.45. The van der Waals surface area contributed by atoms with Gasteiger partial charge in [-0.3, -0.25) is 9.89 Å². The van der Waals surface area contributed by atoms with Crippen molar-refractivity contribution < 1.29 is 43.9 Å². The van der Waals surface area contributed by atoms with Crippen molar-refractivity contribution in [2.24, 2.45) is 13.0 Å². The van der Waals surface area contributed by atoms with Gasteiger partial charge in [-0.15, -0.1) is 17.4 Å². The minimum Gasteiger partial charge on any atom is -0.497 e. The summed E-state index contributed by atoms with van der Waals surface area (Å²) in [6.45, 7) is 1.64. The van der Waals surface area contributed by atoms with Gasteiger partial charge in [0.15, 0.2) is 5.56 Å². The zero-order valence-corrected chi connectivity index (χ0v) is 20.9. The van der Waals surface area contributed by atoms with E-state index in [0.29, 0.717) is 5.92 Å².